The number of halogens is 1. The zero-order chi connectivity index (χ0) is 9.14. The van der Waals surface area contributed by atoms with Gasteiger partial charge in [-0.3, -0.25) is 0 Å². The molecule has 1 atom stereocenters. The standard InChI is InChI=1S/C10H14ClN/c1-3-10(12)9-5-4-8(11)6-7(9)2/h4-6,10H,3,12H2,1-2H3. The molecule has 0 aliphatic carbocycles. The van der Waals surface area contributed by atoms with E-state index in [1.54, 1.807) is 0 Å². The Bertz CT molecular complexity index is 271. The normalized spacial score (nSPS) is 13.0. The molecule has 0 aliphatic heterocycles. The number of hydrogen-bond acceptors (Lipinski definition) is 1. The molecule has 2 N–H and O–H groups in total. The summed E-state index contributed by atoms with van der Waals surface area (Å²) in [6, 6.07) is 5.99. The molecule has 0 heterocycles. The Kier molecular flexibility index (Phi) is 3.12. The lowest BCUT2D eigenvalue weighted by atomic mass is 10.0. The van der Waals surface area contributed by atoms with Crippen molar-refractivity contribution in [2.45, 2.75) is 26.3 Å². The van der Waals surface area contributed by atoms with Gasteiger partial charge in [0.2, 0.25) is 0 Å². The third-order valence-electron chi connectivity index (χ3n) is 2.07. The van der Waals surface area contributed by atoms with Crippen molar-refractivity contribution in [3.05, 3.63) is 34.3 Å². The predicted molar refractivity (Wildman–Crippen MR) is 53.4 cm³/mol. The molecule has 0 spiro atoms. The van der Waals surface area contributed by atoms with E-state index in [0.717, 1.165) is 11.4 Å². The molecule has 0 bridgehead atoms. The van der Waals surface area contributed by atoms with Crippen LogP contribution in [-0.2, 0) is 0 Å². The van der Waals surface area contributed by atoms with Crippen LogP contribution in [0.1, 0.15) is 30.5 Å². The van der Waals surface area contributed by atoms with Crippen molar-refractivity contribution in [2.75, 3.05) is 0 Å². The van der Waals surface area contributed by atoms with Crippen LogP contribution >= 0.6 is 11.6 Å². The summed E-state index contributed by atoms with van der Waals surface area (Å²) >= 11 is 5.82. The topological polar surface area (TPSA) is 26.0 Å². The van der Waals surface area contributed by atoms with Crippen LogP contribution in [0.15, 0.2) is 18.2 Å². The van der Waals surface area contributed by atoms with Crippen LogP contribution in [0.25, 0.3) is 0 Å². The molecular formula is C10H14ClN. The smallest absolute Gasteiger partial charge is 0.0408 e. The van der Waals surface area contributed by atoms with Crippen molar-refractivity contribution in [3.63, 3.8) is 0 Å². The van der Waals surface area contributed by atoms with Gasteiger partial charge in [-0.2, -0.15) is 0 Å². The van der Waals surface area contributed by atoms with Crippen LogP contribution in [0.5, 0.6) is 0 Å². The Morgan fingerprint density at radius 2 is 2.17 bits per heavy atom. The maximum atomic E-state index is 5.90. The van der Waals surface area contributed by atoms with Gasteiger partial charge in [0.05, 0.1) is 0 Å². The lowest BCUT2D eigenvalue weighted by Gasteiger charge is -2.12. The molecule has 1 rings (SSSR count). The lowest BCUT2D eigenvalue weighted by Crippen LogP contribution is -2.09. The molecule has 0 fully saturated rings. The minimum absolute atomic E-state index is 0.141. The van der Waals surface area contributed by atoms with Crippen LogP contribution < -0.4 is 5.73 Å². The van der Waals surface area contributed by atoms with Gasteiger partial charge in [-0.05, 0) is 36.6 Å². The number of benzene rings is 1. The van der Waals surface area contributed by atoms with E-state index >= 15 is 0 Å². The summed E-state index contributed by atoms with van der Waals surface area (Å²) in [4.78, 5) is 0. The molecule has 1 unspecified atom stereocenters. The average Bonchev–Trinajstić information content (AvgIpc) is 2.03. The van der Waals surface area contributed by atoms with Crippen molar-refractivity contribution in [1.29, 1.82) is 0 Å². The quantitative estimate of drug-likeness (QED) is 0.750. The van der Waals surface area contributed by atoms with Crippen molar-refractivity contribution in [3.8, 4) is 0 Å². The Balaban J connectivity index is 3.01. The van der Waals surface area contributed by atoms with Crippen LogP contribution in [0, 0.1) is 6.92 Å². The van der Waals surface area contributed by atoms with Crippen LogP contribution in [0.3, 0.4) is 0 Å². The molecule has 1 aromatic carbocycles. The van der Waals surface area contributed by atoms with Crippen LogP contribution in [-0.4, -0.2) is 0 Å². The molecule has 0 radical (unpaired) electrons. The zero-order valence-corrected chi connectivity index (χ0v) is 8.23. The summed E-state index contributed by atoms with van der Waals surface area (Å²) in [6.07, 6.45) is 0.961. The third-order valence-corrected chi connectivity index (χ3v) is 2.31. The molecule has 2 heteroatoms. The number of hydrogen-bond donors (Lipinski definition) is 1. The molecule has 0 aliphatic rings. The van der Waals surface area contributed by atoms with Gasteiger partial charge >= 0.3 is 0 Å². The molecule has 1 aromatic rings. The number of rotatable bonds is 2. The summed E-state index contributed by atoms with van der Waals surface area (Å²) < 4.78 is 0. The highest BCUT2D eigenvalue weighted by Crippen LogP contribution is 2.21. The van der Waals surface area contributed by atoms with Crippen molar-refractivity contribution >= 4 is 11.6 Å². The van der Waals surface area contributed by atoms with E-state index in [4.69, 9.17) is 17.3 Å². The fourth-order valence-electron chi connectivity index (χ4n) is 1.28. The summed E-state index contributed by atoms with van der Waals surface area (Å²) in [7, 11) is 0. The van der Waals surface area contributed by atoms with Gasteiger partial charge < -0.3 is 5.73 Å². The number of nitrogens with two attached hydrogens (primary N) is 1. The largest absolute Gasteiger partial charge is 0.324 e. The van der Waals surface area contributed by atoms with Gasteiger partial charge in [-0.25, -0.2) is 0 Å². The Morgan fingerprint density at radius 1 is 1.50 bits per heavy atom. The Labute approximate surface area is 78.5 Å². The lowest BCUT2D eigenvalue weighted by molar-refractivity contribution is 0.694. The second-order valence-corrected chi connectivity index (χ2v) is 3.45. The maximum Gasteiger partial charge on any atom is 0.0408 e. The molecule has 0 amide bonds. The molecule has 0 saturated heterocycles. The third kappa shape index (κ3) is 1.99. The zero-order valence-electron chi connectivity index (χ0n) is 7.47. The first kappa shape index (κ1) is 9.56. The van der Waals surface area contributed by atoms with E-state index in [2.05, 4.69) is 6.92 Å². The van der Waals surface area contributed by atoms with Crippen LogP contribution in [0.2, 0.25) is 5.02 Å². The molecule has 66 valence electrons. The summed E-state index contributed by atoms with van der Waals surface area (Å²) in [6.45, 7) is 4.12. The molecule has 0 saturated carbocycles. The SMILES string of the molecule is CCC(N)c1ccc(Cl)cc1C. The van der Waals surface area contributed by atoms with Crippen molar-refractivity contribution in [1.82, 2.24) is 0 Å². The van der Waals surface area contributed by atoms with Gasteiger partial charge in [0.15, 0.2) is 0 Å². The summed E-state index contributed by atoms with van der Waals surface area (Å²) in [5, 5.41) is 0.777. The second kappa shape index (κ2) is 3.92. The first-order chi connectivity index (χ1) is 5.65. The Morgan fingerprint density at radius 3 is 2.67 bits per heavy atom. The predicted octanol–water partition coefficient (Wildman–Crippen LogP) is 3.06. The maximum absolute atomic E-state index is 5.90. The number of aryl methyl sites for hydroxylation is 1. The minimum atomic E-state index is 0.141. The molecule has 0 aromatic heterocycles. The average molecular weight is 184 g/mol. The Hall–Kier alpha value is -0.530. The van der Waals surface area contributed by atoms with Gasteiger partial charge in [-0.15, -0.1) is 0 Å². The highest BCUT2D eigenvalue weighted by molar-refractivity contribution is 6.30. The monoisotopic (exact) mass is 183 g/mol. The first-order valence-electron chi connectivity index (χ1n) is 4.16. The molecular weight excluding hydrogens is 170 g/mol. The van der Waals surface area contributed by atoms with Gasteiger partial charge in [0, 0.05) is 11.1 Å². The van der Waals surface area contributed by atoms with E-state index in [1.807, 2.05) is 25.1 Å². The molecule has 12 heavy (non-hydrogen) atoms. The summed E-state index contributed by atoms with van der Waals surface area (Å²) in [5.41, 5.74) is 8.28. The minimum Gasteiger partial charge on any atom is -0.324 e. The van der Waals surface area contributed by atoms with Gasteiger partial charge in [-0.1, -0.05) is 24.6 Å². The van der Waals surface area contributed by atoms with Gasteiger partial charge in [0.25, 0.3) is 0 Å². The molecule has 1 nitrogen and oxygen atoms in total. The summed E-state index contributed by atoms with van der Waals surface area (Å²) in [5.74, 6) is 0. The van der Waals surface area contributed by atoms with E-state index in [1.165, 1.54) is 11.1 Å². The van der Waals surface area contributed by atoms with E-state index in [-0.39, 0.29) is 6.04 Å². The fraction of sp³-hybridized carbons (Fsp3) is 0.400. The van der Waals surface area contributed by atoms with Crippen molar-refractivity contribution < 1.29 is 0 Å². The highest BCUT2D eigenvalue weighted by Gasteiger charge is 2.05. The van der Waals surface area contributed by atoms with Gasteiger partial charge in [0.1, 0.15) is 0 Å². The van der Waals surface area contributed by atoms with Crippen molar-refractivity contribution in [2.24, 2.45) is 5.73 Å². The van der Waals surface area contributed by atoms with E-state index < -0.39 is 0 Å². The first-order valence-corrected chi connectivity index (χ1v) is 4.54. The highest BCUT2D eigenvalue weighted by atomic mass is 35.5. The van der Waals surface area contributed by atoms with E-state index in [0.29, 0.717) is 0 Å². The van der Waals surface area contributed by atoms with Crippen LogP contribution in [0.4, 0.5) is 0 Å². The second-order valence-electron chi connectivity index (χ2n) is 3.02. The fourth-order valence-corrected chi connectivity index (χ4v) is 1.50. The van der Waals surface area contributed by atoms with E-state index in [9.17, 15) is 0 Å².